The standard InChI is InChI=1S/C4H4O4.C4H10/c5-3(6)1-2-4(7)8;1-3-4-2/h1-2H,(H,5,6)(H,7,8);3-4H2,1-2H3/b2-1-;. The van der Waals surface area contributed by atoms with Crippen LogP contribution >= 0.6 is 0 Å². The molecule has 0 atom stereocenters. The van der Waals surface area contributed by atoms with Gasteiger partial charge in [0.1, 0.15) is 0 Å². The fourth-order valence-corrected chi connectivity index (χ4v) is 0.143. The number of carbonyl (C=O) groups is 2. The van der Waals surface area contributed by atoms with Crippen LogP contribution in [-0.2, 0) is 9.59 Å². The van der Waals surface area contributed by atoms with E-state index < -0.39 is 11.9 Å². The quantitative estimate of drug-likeness (QED) is 0.636. The maximum Gasteiger partial charge on any atom is 0.328 e. The van der Waals surface area contributed by atoms with Crippen molar-refractivity contribution >= 4 is 11.9 Å². The molecule has 70 valence electrons. The molecule has 0 heterocycles. The molecule has 2 N–H and O–H groups in total. The predicted molar refractivity (Wildman–Crippen MR) is 45.0 cm³/mol. The van der Waals surface area contributed by atoms with E-state index in [1.807, 2.05) is 0 Å². The lowest BCUT2D eigenvalue weighted by atomic mass is 10.4. The maximum atomic E-state index is 9.55. The van der Waals surface area contributed by atoms with Crippen LogP contribution in [0.4, 0.5) is 0 Å². The molecule has 0 aliphatic heterocycles. The minimum Gasteiger partial charge on any atom is -0.478 e. The lowest BCUT2D eigenvalue weighted by molar-refractivity contribution is -0.134. The van der Waals surface area contributed by atoms with Gasteiger partial charge in [-0.3, -0.25) is 0 Å². The highest BCUT2D eigenvalue weighted by Crippen LogP contribution is 1.76. The molecular formula is C8H14O4. The molecule has 12 heavy (non-hydrogen) atoms. The Morgan fingerprint density at radius 3 is 1.33 bits per heavy atom. The second-order valence-electron chi connectivity index (χ2n) is 2.01. The molecule has 0 aromatic rings. The van der Waals surface area contributed by atoms with Gasteiger partial charge in [0, 0.05) is 12.2 Å². The summed E-state index contributed by atoms with van der Waals surface area (Å²) in [7, 11) is 0. The number of hydrogen-bond donors (Lipinski definition) is 2. The zero-order valence-electron chi connectivity index (χ0n) is 7.28. The molecule has 0 bridgehead atoms. The zero-order valence-corrected chi connectivity index (χ0v) is 7.28. The SMILES string of the molecule is CCCC.O=C(O)/C=C\C(=O)O. The van der Waals surface area contributed by atoms with Gasteiger partial charge in [-0.2, -0.15) is 0 Å². The highest BCUT2D eigenvalue weighted by Gasteiger charge is 1.88. The molecule has 0 aromatic heterocycles. The highest BCUT2D eigenvalue weighted by atomic mass is 16.4. The van der Waals surface area contributed by atoms with Crippen LogP contribution in [0.3, 0.4) is 0 Å². The number of unbranched alkanes of at least 4 members (excludes halogenated alkanes) is 1. The van der Waals surface area contributed by atoms with Gasteiger partial charge < -0.3 is 10.2 Å². The summed E-state index contributed by atoms with van der Waals surface area (Å²) >= 11 is 0. The van der Waals surface area contributed by atoms with Crippen LogP contribution in [0.1, 0.15) is 26.7 Å². The van der Waals surface area contributed by atoms with E-state index >= 15 is 0 Å². The molecule has 0 saturated carbocycles. The van der Waals surface area contributed by atoms with Crippen LogP contribution in [0.15, 0.2) is 12.2 Å². The normalized spacial score (nSPS) is 8.83. The van der Waals surface area contributed by atoms with Gasteiger partial charge in [0.15, 0.2) is 0 Å². The fraction of sp³-hybridized carbons (Fsp3) is 0.500. The van der Waals surface area contributed by atoms with Gasteiger partial charge in [0.05, 0.1) is 0 Å². The third-order valence-electron chi connectivity index (χ3n) is 0.868. The summed E-state index contributed by atoms with van der Waals surface area (Å²) in [6.07, 6.45) is 3.75. The Bertz CT molecular complexity index is 142. The van der Waals surface area contributed by atoms with E-state index in [-0.39, 0.29) is 0 Å². The van der Waals surface area contributed by atoms with Crippen LogP contribution in [0, 0.1) is 0 Å². The topological polar surface area (TPSA) is 74.6 Å². The molecule has 4 heteroatoms. The Morgan fingerprint density at radius 2 is 1.25 bits per heavy atom. The van der Waals surface area contributed by atoms with E-state index in [9.17, 15) is 9.59 Å². The summed E-state index contributed by atoms with van der Waals surface area (Å²) in [6, 6.07) is 0. The fourth-order valence-electron chi connectivity index (χ4n) is 0.143. The van der Waals surface area contributed by atoms with E-state index in [4.69, 9.17) is 10.2 Å². The molecule has 0 rings (SSSR count). The van der Waals surface area contributed by atoms with Gasteiger partial charge in [-0.05, 0) is 0 Å². The van der Waals surface area contributed by atoms with Crippen LogP contribution in [0.25, 0.3) is 0 Å². The van der Waals surface area contributed by atoms with E-state index in [1.54, 1.807) is 0 Å². The lowest BCUT2D eigenvalue weighted by Crippen LogP contribution is -1.91. The average Bonchev–Trinajstić information content (AvgIpc) is 2.01. The van der Waals surface area contributed by atoms with Crippen LogP contribution in [0.2, 0.25) is 0 Å². The van der Waals surface area contributed by atoms with E-state index in [0.717, 1.165) is 0 Å². The third kappa shape index (κ3) is 23.4. The first-order chi connectivity index (χ1) is 5.54. The van der Waals surface area contributed by atoms with Crippen molar-refractivity contribution in [3.8, 4) is 0 Å². The smallest absolute Gasteiger partial charge is 0.328 e. The second-order valence-corrected chi connectivity index (χ2v) is 2.01. The Morgan fingerprint density at radius 1 is 1.00 bits per heavy atom. The molecule has 4 nitrogen and oxygen atoms in total. The van der Waals surface area contributed by atoms with Crippen LogP contribution in [-0.4, -0.2) is 22.2 Å². The second kappa shape index (κ2) is 9.68. The molecule has 0 unspecified atom stereocenters. The summed E-state index contributed by atoms with van der Waals surface area (Å²) in [4.78, 5) is 19.1. The van der Waals surface area contributed by atoms with Crippen LogP contribution in [0.5, 0.6) is 0 Å². The Balaban J connectivity index is 0. The van der Waals surface area contributed by atoms with Crippen molar-refractivity contribution in [1.82, 2.24) is 0 Å². The molecular weight excluding hydrogens is 160 g/mol. The van der Waals surface area contributed by atoms with Gasteiger partial charge in [-0.1, -0.05) is 26.7 Å². The first-order valence-electron chi connectivity index (χ1n) is 3.68. The van der Waals surface area contributed by atoms with Gasteiger partial charge in [0.25, 0.3) is 0 Å². The summed E-state index contributed by atoms with van der Waals surface area (Å²) in [5.74, 6) is -2.51. The number of carboxylic acid groups (broad SMARTS) is 2. The van der Waals surface area contributed by atoms with Gasteiger partial charge >= 0.3 is 11.9 Å². The van der Waals surface area contributed by atoms with Crippen molar-refractivity contribution in [3.05, 3.63) is 12.2 Å². The van der Waals surface area contributed by atoms with Gasteiger partial charge in [0.2, 0.25) is 0 Å². The van der Waals surface area contributed by atoms with Crippen molar-refractivity contribution in [1.29, 1.82) is 0 Å². The monoisotopic (exact) mass is 174 g/mol. The number of aliphatic carboxylic acids is 2. The molecule has 0 fully saturated rings. The van der Waals surface area contributed by atoms with E-state index in [0.29, 0.717) is 12.2 Å². The largest absolute Gasteiger partial charge is 0.478 e. The summed E-state index contributed by atoms with van der Waals surface area (Å²) in [6.45, 7) is 4.36. The summed E-state index contributed by atoms with van der Waals surface area (Å²) < 4.78 is 0. The first kappa shape index (κ1) is 13.3. The molecule has 0 radical (unpaired) electrons. The Labute approximate surface area is 71.5 Å². The molecule has 0 aliphatic rings. The molecule has 0 aromatic carbocycles. The Kier molecular flexibility index (Phi) is 10.7. The number of hydrogen-bond acceptors (Lipinski definition) is 2. The number of carboxylic acids is 2. The van der Waals surface area contributed by atoms with Gasteiger partial charge in [-0.25, -0.2) is 9.59 Å². The molecule has 0 aliphatic carbocycles. The van der Waals surface area contributed by atoms with E-state index in [2.05, 4.69) is 13.8 Å². The minimum absolute atomic E-state index is 0.558. The highest BCUT2D eigenvalue weighted by molar-refractivity contribution is 5.89. The predicted octanol–water partition coefficient (Wildman–Crippen LogP) is 1.52. The van der Waals surface area contributed by atoms with Gasteiger partial charge in [-0.15, -0.1) is 0 Å². The molecule has 0 spiro atoms. The minimum atomic E-state index is -1.26. The summed E-state index contributed by atoms with van der Waals surface area (Å²) in [5.41, 5.74) is 0. The van der Waals surface area contributed by atoms with Crippen molar-refractivity contribution in [2.24, 2.45) is 0 Å². The first-order valence-corrected chi connectivity index (χ1v) is 3.68. The zero-order chi connectivity index (χ0) is 9.98. The number of rotatable bonds is 3. The molecule has 0 amide bonds. The Hall–Kier alpha value is -1.32. The average molecular weight is 174 g/mol. The lowest BCUT2D eigenvalue weighted by Gasteiger charge is -1.74. The van der Waals surface area contributed by atoms with Crippen molar-refractivity contribution < 1.29 is 19.8 Å². The van der Waals surface area contributed by atoms with Crippen molar-refractivity contribution in [2.75, 3.05) is 0 Å². The van der Waals surface area contributed by atoms with E-state index in [1.165, 1.54) is 12.8 Å². The maximum absolute atomic E-state index is 9.55. The van der Waals surface area contributed by atoms with Crippen molar-refractivity contribution in [2.45, 2.75) is 26.7 Å². The van der Waals surface area contributed by atoms with Crippen molar-refractivity contribution in [3.63, 3.8) is 0 Å². The van der Waals surface area contributed by atoms with Crippen LogP contribution < -0.4 is 0 Å². The molecule has 0 saturated heterocycles. The third-order valence-corrected chi connectivity index (χ3v) is 0.868. The summed E-state index contributed by atoms with van der Waals surface area (Å²) in [5, 5.41) is 15.6.